The first kappa shape index (κ1) is 11.5. The van der Waals surface area contributed by atoms with Crippen molar-refractivity contribution in [2.45, 2.75) is 13.0 Å². The van der Waals surface area contributed by atoms with Gasteiger partial charge in [0.2, 0.25) is 0 Å². The van der Waals surface area contributed by atoms with Crippen LogP contribution in [-0.2, 0) is 4.74 Å². The van der Waals surface area contributed by atoms with Crippen molar-refractivity contribution in [3.8, 4) is 0 Å². The Labute approximate surface area is 107 Å². The number of nitrogens with one attached hydrogen (secondary N) is 1. The highest BCUT2D eigenvalue weighted by molar-refractivity contribution is 5.89. The van der Waals surface area contributed by atoms with Gasteiger partial charge in [-0.1, -0.05) is 0 Å². The molecule has 0 saturated carbocycles. The second-order valence-electron chi connectivity index (χ2n) is 4.91. The number of anilines is 1. The maximum absolute atomic E-state index is 11.5. The van der Waals surface area contributed by atoms with Crippen molar-refractivity contribution in [2.24, 2.45) is 5.92 Å². The van der Waals surface area contributed by atoms with Gasteiger partial charge in [0.15, 0.2) is 0 Å². The number of ether oxygens (including phenoxy) is 1. The minimum absolute atomic E-state index is 0.243. The Bertz CT molecular complexity index is 444. The van der Waals surface area contributed by atoms with E-state index in [0.717, 1.165) is 25.6 Å². The molecule has 0 aromatic heterocycles. The molecule has 0 aliphatic carbocycles. The Morgan fingerprint density at radius 1 is 1.39 bits per heavy atom. The summed E-state index contributed by atoms with van der Waals surface area (Å²) in [5, 5.41) is 3.41. The highest BCUT2D eigenvalue weighted by Crippen LogP contribution is 2.33. The molecule has 96 valence electrons. The first-order valence-electron chi connectivity index (χ1n) is 6.54. The Kier molecular flexibility index (Phi) is 2.96. The Morgan fingerprint density at radius 3 is 2.83 bits per heavy atom. The van der Waals surface area contributed by atoms with Gasteiger partial charge in [-0.3, -0.25) is 0 Å². The van der Waals surface area contributed by atoms with Crippen LogP contribution in [0.5, 0.6) is 0 Å². The lowest BCUT2D eigenvalue weighted by Gasteiger charge is -2.45. The van der Waals surface area contributed by atoms with E-state index in [1.165, 1.54) is 5.69 Å². The fraction of sp³-hybridized carbons (Fsp3) is 0.500. The van der Waals surface area contributed by atoms with E-state index in [0.29, 0.717) is 18.2 Å². The number of esters is 1. The minimum atomic E-state index is -0.243. The van der Waals surface area contributed by atoms with Crippen LogP contribution in [-0.4, -0.2) is 38.3 Å². The molecule has 0 radical (unpaired) electrons. The van der Waals surface area contributed by atoms with Crippen molar-refractivity contribution >= 4 is 11.7 Å². The number of rotatable bonds is 3. The summed E-state index contributed by atoms with van der Waals surface area (Å²) in [4.78, 5) is 13.9. The molecule has 0 bridgehead atoms. The van der Waals surface area contributed by atoms with Crippen LogP contribution >= 0.6 is 0 Å². The van der Waals surface area contributed by atoms with E-state index in [-0.39, 0.29) is 5.97 Å². The van der Waals surface area contributed by atoms with Crippen LogP contribution in [0.25, 0.3) is 0 Å². The van der Waals surface area contributed by atoms with Gasteiger partial charge in [0.1, 0.15) is 0 Å². The second kappa shape index (κ2) is 4.61. The van der Waals surface area contributed by atoms with Crippen LogP contribution in [0.4, 0.5) is 5.69 Å². The molecule has 1 aromatic rings. The lowest BCUT2D eigenvalue weighted by atomic mass is 9.91. The monoisotopic (exact) mass is 246 g/mol. The SMILES string of the molecule is CCOC(=O)c1ccc(N2C[C@H]3CNC[C@H]32)cc1. The van der Waals surface area contributed by atoms with Gasteiger partial charge in [0, 0.05) is 37.3 Å². The molecule has 2 heterocycles. The molecular weight excluding hydrogens is 228 g/mol. The van der Waals surface area contributed by atoms with E-state index in [4.69, 9.17) is 4.74 Å². The molecule has 2 saturated heterocycles. The standard InChI is InChI=1S/C14H18N2O2/c1-2-18-14(17)10-3-5-12(6-4-10)16-9-11-7-15-8-13(11)16/h3-6,11,13,15H,2,7-9H2,1H3/t11-,13-/m1/s1. The summed E-state index contributed by atoms with van der Waals surface area (Å²) in [5.41, 5.74) is 1.83. The summed E-state index contributed by atoms with van der Waals surface area (Å²) in [6.45, 7) is 5.57. The molecule has 2 aliphatic heterocycles. The molecule has 4 heteroatoms. The van der Waals surface area contributed by atoms with E-state index in [1.807, 2.05) is 31.2 Å². The predicted octanol–water partition coefficient (Wildman–Crippen LogP) is 1.27. The summed E-state index contributed by atoms with van der Waals surface area (Å²) < 4.78 is 4.98. The van der Waals surface area contributed by atoms with Gasteiger partial charge in [0.25, 0.3) is 0 Å². The zero-order valence-electron chi connectivity index (χ0n) is 10.6. The van der Waals surface area contributed by atoms with Gasteiger partial charge >= 0.3 is 5.97 Å². The topological polar surface area (TPSA) is 41.6 Å². The van der Waals surface area contributed by atoms with Crippen molar-refractivity contribution in [2.75, 3.05) is 31.1 Å². The predicted molar refractivity (Wildman–Crippen MR) is 69.9 cm³/mol. The van der Waals surface area contributed by atoms with Crippen LogP contribution < -0.4 is 10.2 Å². The van der Waals surface area contributed by atoms with Gasteiger partial charge in [-0.25, -0.2) is 4.79 Å². The normalized spacial score (nSPS) is 25.5. The molecule has 0 spiro atoms. The smallest absolute Gasteiger partial charge is 0.338 e. The quantitative estimate of drug-likeness (QED) is 0.816. The summed E-state index contributed by atoms with van der Waals surface area (Å²) in [5.74, 6) is 0.558. The van der Waals surface area contributed by atoms with E-state index in [9.17, 15) is 4.79 Å². The van der Waals surface area contributed by atoms with Crippen molar-refractivity contribution in [3.05, 3.63) is 29.8 Å². The van der Waals surface area contributed by atoms with Crippen molar-refractivity contribution in [1.29, 1.82) is 0 Å². The number of hydrogen-bond donors (Lipinski definition) is 1. The molecule has 4 nitrogen and oxygen atoms in total. The van der Waals surface area contributed by atoms with E-state index < -0.39 is 0 Å². The molecule has 18 heavy (non-hydrogen) atoms. The largest absolute Gasteiger partial charge is 0.462 e. The fourth-order valence-corrected chi connectivity index (χ4v) is 2.82. The third kappa shape index (κ3) is 1.86. The highest BCUT2D eigenvalue weighted by atomic mass is 16.5. The third-order valence-corrected chi connectivity index (χ3v) is 3.85. The first-order valence-corrected chi connectivity index (χ1v) is 6.54. The maximum atomic E-state index is 11.5. The van der Waals surface area contributed by atoms with Gasteiger partial charge in [0.05, 0.1) is 12.2 Å². The summed E-state index contributed by atoms with van der Waals surface area (Å²) in [6.07, 6.45) is 0. The third-order valence-electron chi connectivity index (χ3n) is 3.85. The molecule has 1 N–H and O–H groups in total. The molecule has 2 atom stereocenters. The average molecular weight is 246 g/mol. The van der Waals surface area contributed by atoms with Crippen LogP contribution in [0.15, 0.2) is 24.3 Å². The van der Waals surface area contributed by atoms with E-state index >= 15 is 0 Å². The van der Waals surface area contributed by atoms with Gasteiger partial charge in [-0.15, -0.1) is 0 Å². The fourth-order valence-electron chi connectivity index (χ4n) is 2.82. The molecular formula is C14H18N2O2. The molecule has 2 aliphatic rings. The van der Waals surface area contributed by atoms with Gasteiger partial charge in [-0.2, -0.15) is 0 Å². The molecule has 3 rings (SSSR count). The van der Waals surface area contributed by atoms with Crippen LogP contribution in [0.2, 0.25) is 0 Å². The molecule has 1 aromatic carbocycles. The second-order valence-corrected chi connectivity index (χ2v) is 4.91. The molecule has 0 unspecified atom stereocenters. The van der Waals surface area contributed by atoms with Crippen LogP contribution in [0, 0.1) is 5.92 Å². The Hall–Kier alpha value is -1.55. The molecule has 0 amide bonds. The number of nitrogens with zero attached hydrogens (tertiary/aromatic N) is 1. The lowest BCUT2D eigenvalue weighted by Crippen LogP contribution is -2.55. The Morgan fingerprint density at radius 2 is 2.17 bits per heavy atom. The summed E-state index contributed by atoms with van der Waals surface area (Å²) in [6, 6.07) is 8.37. The Balaban J connectivity index is 1.70. The summed E-state index contributed by atoms with van der Waals surface area (Å²) in [7, 11) is 0. The molecule has 2 fully saturated rings. The van der Waals surface area contributed by atoms with E-state index in [2.05, 4.69) is 10.2 Å². The first-order chi connectivity index (χ1) is 8.79. The highest BCUT2D eigenvalue weighted by Gasteiger charge is 2.41. The number of carbonyl (C=O) groups is 1. The maximum Gasteiger partial charge on any atom is 0.338 e. The zero-order chi connectivity index (χ0) is 12.5. The zero-order valence-corrected chi connectivity index (χ0v) is 10.6. The van der Waals surface area contributed by atoms with Crippen molar-refractivity contribution in [3.63, 3.8) is 0 Å². The average Bonchev–Trinajstić information content (AvgIpc) is 2.72. The van der Waals surface area contributed by atoms with Crippen LogP contribution in [0.1, 0.15) is 17.3 Å². The summed E-state index contributed by atoms with van der Waals surface area (Å²) >= 11 is 0. The van der Waals surface area contributed by atoms with E-state index in [1.54, 1.807) is 0 Å². The van der Waals surface area contributed by atoms with Crippen molar-refractivity contribution in [1.82, 2.24) is 5.32 Å². The number of benzene rings is 1. The van der Waals surface area contributed by atoms with Crippen LogP contribution in [0.3, 0.4) is 0 Å². The minimum Gasteiger partial charge on any atom is -0.462 e. The lowest BCUT2D eigenvalue weighted by molar-refractivity contribution is 0.0526. The van der Waals surface area contributed by atoms with Crippen molar-refractivity contribution < 1.29 is 9.53 Å². The number of fused-ring (bicyclic) bond motifs is 1. The van der Waals surface area contributed by atoms with Gasteiger partial charge in [-0.05, 0) is 31.2 Å². The number of hydrogen-bond acceptors (Lipinski definition) is 4. The van der Waals surface area contributed by atoms with Gasteiger partial charge < -0.3 is 15.0 Å². The number of carbonyl (C=O) groups excluding carboxylic acids is 1.